The Morgan fingerprint density at radius 2 is 1.68 bits per heavy atom. The number of likely N-dealkylation sites (tertiary alicyclic amines) is 1. The van der Waals surface area contributed by atoms with Crippen molar-refractivity contribution >= 4 is 17.5 Å². The van der Waals surface area contributed by atoms with E-state index in [1.54, 1.807) is 4.90 Å². The fourth-order valence-corrected chi connectivity index (χ4v) is 3.34. The maximum Gasteiger partial charge on any atom is 0.253 e. The molecule has 2 aromatic rings. The van der Waals surface area contributed by atoms with Gasteiger partial charge in [0.2, 0.25) is 5.91 Å². The predicted octanol–water partition coefficient (Wildman–Crippen LogP) is 3.51. The molecule has 0 spiro atoms. The molecule has 4 nitrogen and oxygen atoms in total. The van der Waals surface area contributed by atoms with Gasteiger partial charge in [0.05, 0.1) is 0 Å². The number of hydrogen-bond acceptors (Lipinski definition) is 2. The van der Waals surface area contributed by atoms with E-state index in [0.717, 1.165) is 16.8 Å². The summed E-state index contributed by atoms with van der Waals surface area (Å²) in [6.45, 7) is 3.25. The van der Waals surface area contributed by atoms with Crippen molar-refractivity contribution in [2.45, 2.75) is 19.8 Å². The zero-order valence-electron chi connectivity index (χ0n) is 14.8. The summed E-state index contributed by atoms with van der Waals surface area (Å²) in [6, 6.07) is 17.4. The Kier molecular flexibility index (Phi) is 5.17. The standard InChI is InChI=1S/C21H24N2O2/c1-16-7-6-8-18(15-16)21(25)23-13-11-17(12-14-23)20(24)22(2)19-9-4-3-5-10-19/h3-10,15,17H,11-14H2,1-2H3. The second-order valence-corrected chi connectivity index (χ2v) is 6.67. The molecule has 1 aliphatic rings. The Hall–Kier alpha value is -2.62. The van der Waals surface area contributed by atoms with Crippen molar-refractivity contribution in [3.8, 4) is 0 Å². The normalized spacial score (nSPS) is 15.0. The molecule has 0 radical (unpaired) electrons. The minimum atomic E-state index is -0.0215. The van der Waals surface area contributed by atoms with Gasteiger partial charge in [0.15, 0.2) is 0 Å². The molecule has 0 unspecified atom stereocenters. The van der Waals surface area contributed by atoms with Crippen LogP contribution < -0.4 is 4.90 Å². The van der Waals surface area contributed by atoms with Crippen LogP contribution in [0.15, 0.2) is 54.6 Å². The van der Waals surface area contributed by atoms with E-state index >= 15 is 0 Å². The topological polar surface area (TPSA) is 40.6 Å². The first-order valence-electron chi connectivity index (χ1n) is 8.75. The quantitative estimate of drug-likeness (QED) is 0.860. The van der Waals surface area contributed by atoms with Gasteiger partial charge < -0.3 is 9.80 Å². The fraction of sp³-hybridized carbons (Fsp3) is 0.333. The number of benzene rings is 2. The SMILES string of the molecule is Cc1cccc(C(=O)N2CCC(C(=O)N(C)c3ccccc3)CC2)c1. The molecule has 4 heteroatoms. The van der Waals surface area contributed by atoms with Crippen molar-refractivity contribution in [3.63, 3.8) is 0 Å². The number of anilines is 1. The first-order chi connectivity index (χ1) is 12.1. The van der Waals surface area contributed by atoms with Crippen LogP contribution in [0.5, 0.6) is 0 Å². The van der Waals surface area contributed by atoms with Gasteiger partial charge in [-0.3, -0.25) is 9.59 Å². The summed E-state index contributed by atoms with van der Waals surface area (Å²) in [5.74, 6) is 0.173. The Bertz CT molecular complexity index is 750. The van der Waals surface area contributed by atoms with Gasteiger partial charge in [-0.25, -0.2) is 0 Å². The molecule has 1 aliphatic heterocycles. The van der Waals surface area contributed by atoms with Crippen molar-refractivity contribution in [2.24, 2.45) is 5.92 Å². The highest BCUT2D eigenvalue weighted by atomic mass is 16.2. The van der Waals surface area contributed by atoms with E-state index in [9.17, 15) is 9.59 Å². The molecule has 2 amide bonds. The van der Waals surface area contributed by atoms with Gasteiger partial charge in [-0.1, -0.05) is 35.9 Å². The van der Waals surface area contributed by atoms with Crippen LogP contribution in [0.2, 0.25) is 0 Å². The molecule has 1 saturated heterocycles. The van der Waals surface area contributed by atoms with Crippen molar-refractivity contribution in [1.82, 2.24) is 4.90 Å². The number of para-hydroxylation sites is 1. The van der Waals surface area contributed by atoms with Crippen LogP contribution in [0.25, 0.3) is 0 Å². The van der Waals surface area contributed by atoms with Crippen LogP contribution in [-0.4, -0.2) is 36.9 Å². The Balaban J connectivity index is 1.60. The third-order valence-electron chi connectivity index (χ3n) is 4.87. The molecule has 2 aromatic carbocycles. The van der Waals surface area contributed by atoms with Gasteiger partial charge in [-0.15, -0.1) is 0 Å². The average Bonchev–Trinajstić information content (AvgIpc) is 2.67. The van der Waals surface area contributed by atoms with Crippen molar-refractivity contribution in [2.75, 3.05) is 25.0 Å². The summed E-state index contributed by atoms with van der Waals surface area (Å²) in [6.07, 6.45) is 1.43. The summed E-state index contributed by atoms with van der Waals surface area (Å²) in [7, 11) is 1.82. The zero-order chi connectivity index (χ0) is 17.8. The number of nitrogens with zero attached hydrogens (tertiary/aromatic N) is 2. The number of rotatable bonds is 3. The van der Waals surface area contributed by atoms with E-state index in [1.165, 1.54) is 0 Å². The fourth-order valence-electron chi connectivity index (χ4n) is 3.34. The van der Waals surface area contributed by atoms with E-state index in [0.29, 0.717) is 25.9 Å². The smallest absolute Gasteiger partial charge is 0.253 e. The van der Waals surface area contributed by atoms with E-state index < -0.39 is 0 Å². The van der Waals surface area contributed by atoms with Crippen LogP contribution in [0, 0.1) is 12.8 Å². The minimum Gasteiger partial charge on any atom is -0.339 e. The number of carbonyl (C=O) groups is 2. The van der Waals surface area contributed by atoms with Crippen LogP contribution in [0.4, 0.5) is 5.69 Å². The van der Waals surface area contributed by atoms with Crippen LogP contribution in [0.3, 0.4) is 0 Å². The molecule has 0 aromatic heterocycles. The van der Waals surface area contributed by atoms with Gasteiger partial charge >= 0.3 is 0 Å². The first kappa shape index (κ1) is 17.2. The average molecular weight is 336 g/mol. The highest BCUT2D eigenvalue weighted by Crippen LogP contribution is 2.23. The van der Waals surface area contributed by atoms with Crippen LogP contribution >= 0.6 is 0 Å². The lowest BCUT2D eigenvalue weighted by atomic mass is 9.94. The predicted molar refractivity (Wildman–Crippen MR) is 99.7 cm³/mol. The van der Waals surface area contributed by atoms with Gasteiger partial charge in [0.1, 0.15) is 0 Å². The maximum absolute atomic E-state index is 12.7. The number of aryl methyl sites for hydroxylation is 1. The summed E-state index contributed by atoms with van der Waals surface area (Å²) in [5.41, 5.74) is 2.72. The second kappa shape index (κ2) is 7.51. The van der Waals surface area contributed by atoms with Gasteiger partial charge in [0.25, 0.3) is 5.91 Å². The largest absolute Gasteiger partial charge is 0.339 e. The summed E-state index contributed by atoms with van der Waals surface area (Å²) in [4.78, 5) is 28.9. The molecule has 0 bridgehead atoms. The van der Waals surface area contributed by atoms with Gasteiger partial charge in [-0.05, 0) is 44.0 Å². The molecule has 0 atom stereocenters. The Morgan fingerprint density at radius 1 is 1.00 bits per heavy atom. The van der Waals surface area contributed by atoms with Crippen molar-refractivity contribution < 1.29 is 9.59 Å². The third kappa shape index (κ3) is 3.90. The lowest BCUT2D eigenvalue weighted by molar-refractivity contribution is -0.123. The summed E-state index contributed by atoms with van der Waals surface area (Å²) >= 11 is 0. The van der Waals surface area contributed by atoms with Crippen molar-refractivity contribution in [3.05, 3.63) is 65.7 Å². The molecule has 3 rings (SSSR count). The molecular formula is C21H24N2O2. The number of hydrogen-bond donors (Lipinski definition) is 0. The lowest BCUT2D eigenvalue weighted by Gasteiger charge is -2.33. The summed E-state index contributed by atoms with van der Waals surface area (Å²) in [5, 5.41) is 0. The Morgan fingerprint density at radius 3 is 2.32 bits per heavy atom. The van der Waals surface area contributed by atoms with E-state index in [2.05, 4.69) is 0 Å². The molecule has 0 aliphatic carbocycles. The van der Waals surface area contributed by atoms with Crippen LogP contribution in [0.1, 0.15) is 28.8 Å². The maximum atomic E-state index is 12.7. The second-order valence-electron chi connectivity index (χ2n) is 6.67. The van der Waals surface area contributed by atoms with E-state index in [1.807, 2.05) is 73.5 Å². The Labute approximate surface area is 149 Å². The van der Waals surface area contributed by atoms with E-state index in [-0.39, 0.29) is 17.7 Å². The molecule has 1 fully saturated rings. The van der Waals surface area contributed by atoms with E-state index in [4.69, 9.17) is 0 Å². The number of piperidine rings is 1. The lowest BCUT2D eigenvalue weighted by Crippen LogP contribution is -2.43. The third-order valence-corrected chi connectivity index (χ3v) is 4.87. The van der Waals surface area contributed by atoms with Crippen molar-refractivity contribution in [1.29, 1.82) is 0 Å². The molecule has 1 heterocycles. The number of carbonyl (C=O) groups excluding carboxylic acids is 2. The molecular weight excluding hydrogens is 312 g/mol. The van der Waals surface area contributed by atoms with Gasteiger partial charge in [0, 0.05) is 37.3 Å². The number of amides is 2. The van der Waals surface area contributed by atoms with Crippen LogP contribution in [-0.2, 0) is 4.79 Å². The molecule has 130 valence electrons. The first-order valence-corrected chi connectivity index (χ1v) is 8.75. The molecule has 0 saturated carbocycles. The monoisotopic (exact) mass is 336 g/mol. The highest BCUT2D eigenvalue weighted by Gasteiger charge is 2.29. The molecule has 25 heavy (non-hydrogen) atoms. The zero-order valence-corrected chi connectivity index (χ0v) is 14.8. The minimum absolute atomic E-state index is 0.0215. The van der Waals surface area contributed by atoms with Gasteiger partial charge in [-0.2, -0.15) is 0 Å². The summed E-state index contributed by atoms with van der Waals surface area (Å²) < 4.78 is 0. The highest BCUT2D eigenvalue weighted by molar-refractivity contribution is 5.96. The molecule has 0 N–H and O–H groups in total.